The van der Waals surface area contributed by atoms with Gasteiger partial charge in [0.15, 0.2) is 0 Å². The van der Waals surface area contributed by atoms with E-state index in [1.54, 1.807) is 12.3 Å². The van der Waals surface area contributed by atoms with Gasteiger partial charge < -0.3 is 15.4 Å². The molecule has 10 heteroatoms. The number of imidazole rings is 1. The lowest BCUT2D eigenvalue weighted by Crippen LogP contribution is -2.53. The van der Waals surface area contributed by atoms with Crippen LogP contribution in [0.5, 0.6) is 0 Å². The molecular formula is C29H28F3N5O2. The van der Waals surface area contributed by atoms with Crippen LogP contribution in [0, 0.1) is 0 Å². The Bertz CT molecular complexity index is 1530. The van der Waals surface area contributed by atoms with Crippen LogP contribution in [0.1, 0.15) is 54.1 Å². The van der Waals surface area contributed by atoms with Crippen molar-refractivity contribution in [3.05, 3.63) is 83.4 Å². The normalized spacial score (nSPS) is 20.7. The van der Waals surface area contributed by atoms with Crippen LogP contribution >= 0.6 is 0 Å². The van der Waals surface area contributed by atoms with Crippen molar-refractivity contribution >= 4 is 17.2 Å². The number of hydrogen-bond donors (Lipinski definition) is 1. The predicted molar refractivity (Wildman–Crippen MR) is 140 cm³/mol. The van der Waals surface area contributed by atoms with Gasteiger partial charge in [0.1, 0.15) is 29.5 Å². The van der Waals surface area contributed by atoms with Gasteiger partial charge in [-0.25, -0.2) is 9.97 Å². The highest BCUT2D eigenvalue weighted by Crippen LogP contribution is 2.37. The van der Waals surface area contributed by atoms with E-state index < -0.39 is 11.7 Å². The van der Waals surface area contributed by atoms with Crippen LogP contribution in [-0.2, 0) is 15.7 Å². The van der Waals surface area contributed by atoms with Gasteiger partial charge in [0.05, 0.1) is 18.2 Å². The average Bonchev–Trinajstić information content (AvgIpc) is 3.33. The molecule has 2 saturated heterocycles. The van der Waals surface area contributed by atoms with E-state index in [9.17, 15) is 18.0 Å². The van der Waals surface area contributed by atoms with E-state index in [1.165, 1.54) is 12.1 Å². The van der Waals surface area contributed by atoms with E-state index in [2.05, 4.69) is 4.98 Å². The zero-order valence-corrected chi connectivity index (χ0v) is 21.4. The molecule has 2 N–H and O–H groups in total. The maximum absolute atomic E-state index is 13.2. The van der Waals surface area contributed by atoms with Crippen molar-refractivity contribution < 1.29 is 22.7 Å². The zero-order chi connectivity index (χ0) is 27.3. The van der Waals surface area contributed by atoms with Crippen LogP contribution in [0.2, 0.25) is 0 Å². The molecule has 2 fully saturated rings. The molecule has 0 aliphatic carbocycles. The van der Waals surface area contributed by atoms with Crippen LogP contribution in [0.4, 0.5) is 19.0 Å². The molecule has 0 spiro atoms. The number of halogens is 3. The Morgan fingerprint density at radius 1 is 1.10 bits per heavy atom. The predicted octanol–water partition coefficient (Wildman–Crippen LogP) is 5.25. The summed E-state index contributed by atoms with van der Waals surface area (Å²) in [7, 11) is 0. The number of aromatic nitrogens is 3. The highest BCUT2D eigenvalue weighted by molar-refractivity contribution is 5.85. The molecule has 202 valence electrons. The number of fused-ring (bicyclic) bond motifs is 2. The highest BCUT2D eigenvalue weighted by atomic mass is 19.4. The van der Waals surface area contributed by atoms with Gasteiger partial charge in [-0.2, -0.15) is 13.2 Å². The summed E-state index contributed by atoms with van der Waals surface area (Å²) in [5, 5.41) is 0. The molecule has 0 bridgehead atoms. The Kier molecular flexibility index (Phi) is 6.29. The Morgan fingerprint density at radius 3 is 2.67 bits per heavy atom. The molecule has 0 saturated carbocycles. The average molecular weight is 536 g/mol. The molecule has 2 aliphatic rings. The molecule has 0 unspecified atom stereocenters. The van der Waals surface area contributed by atoms with Crippen molar-refractivity contribution in [2.24, 2.45) is 0 Å². The van der Waals surface area contributed by atoms with Gasteiger partial charge in [-0.05, 0) is 30.0 Å². The summed E-state index contributed by atoms with van der Waals surface area (Å²) in [6.45, 7) is 3.13. The summed E-state index contributed by atoms with van der Waals surface area (Å²) in [6, 6.07) is 13.2. The van der Waals surface area contributed by atoms with Crippen LogP contribution < -0.4 is 5.73 Å². The van der Waals surface area contributed by atoms with Crippen molar-refractivity contribution in [3.63, 3.8) is 0 Å². The smallest absolute Gasteiger partial charge is 0.382 e. The van der Waals surface area contributed by atoms with Crippen LogP contribution in [0.15, 0.2) is 60.9 Å². The van der Waals surface area contributed by atoms with E-state index in [0.29, 0.717) is 35.7 Å². The van der Waals surface area contributed by atoms with Gasteiger partial charge in [0.25, 0.3) is 0 Å². The Hall–Kier alpha value is -3.92. The van der Waals surface area contributed by atoms with Crippen molar-refractivity contribution in [2.75, 3.05) is 25.5 Å². The number of rotatable bonds is 4. The summed E-state index contributed by atoms with van der Waals surface area (Å²) in [4.78, 5) is 23.7. The number of nitrogens with two attached hydrogens (primary N) is 1. The van der Waals surface area contributed by atoms with E-state index >= 15 is 0 Å². The lowest BCUT2D eigenvalue weighted by molar-refractivity contribution is -0.151. The van der Waals surface area contributed by atoms with Gasteiger partial charge in [0, 0.05) is 36.3 Å². The standard InChI is InChI=1S/C29H28F3N5O2/c1-17(20-3-2-4-22(13-20)29(30,31)32)18-5-7-19(8-6-18)25-26-27(33)34-11-12-36(26)28(35-25)21-9-10-23-15-39-16-24(38)37(23)14-21/h2-8,11-13,17,21,23H,9-10,14-16H2,1H3,(H2,33,34)/t17-,21-,23+/m0/s1. The van der Waals surface area contributed by atoms with Crippen molar-refractivity contribution in [1.29, 1.82) is 0 Å². The molecule has 1 amide bonds. The van der Waals surface area contributed by atoms with Crippen LogP contribution in [0.3, 0.4) is 0 Å². The minimum atomic E-state index is -4.39. The van der Waals surface area contributed by atoms with Gasteiger partial charge in [-0.15, -0.1) is 0 Å². The maximum Gasteiger partial charge on any atom is 0.416 e. The van der Waals surface area contributed by atoms with Gasteiger partial charge in [-0.3, -0.25) is 9.20 Å². The molecule has 7 nitrogen and oxygen atoms in total. The summed E-state index contributed by atoms with van der Waals surface area (Å²) in [5.74, 6) is 0.982. The fourth-order valence-electron chi connectivity index (χ4n) is 5.76. The van der Waals surface area contributed by atoms with E-state index in [1.807, 2.05) is 46.7 Å². The molecule has 3 atom stereocenters. The number of hydrogen-bond acceptors (Lipinski definition) is 5. The second-order valence-electron chi connectivity index (χ2n) is 10.3. The van der Waals surface area contributed by atoms with Gasteiger partial charge in [0.2, 0.25) is 5.91 Å². The number of morpholine rings is 1. The topological polar surface area (TPSA) is 85.8 Å². The number of carbonyl (C=O) groups excluding carboxylic acids is 1. The molecule has 2 aliphatic heterocycles. The van der Waals surface area contributed by atoms with E-state index in [-0.39, 0.29) is 30.4 Å². The Morgan fingerprint density at radius 2 is 1.90 bits per heavy atom. The molecule has 6 rings (SSSR count). The fraction of sp³-hybridized carbons (Fsp3) is 0.345. The number of alkyl halides is 3. The molecule has 2 aromatic heterocycles. The summed E-state index contributed by atoms with van der Waals surface area (Å²) < 4.78 is 47.1. The first-order valence-corrected chi connectivity index (χ1v) is 13.0. The molecular weight excluding hydrogens is 507 g/mol. The Labute approximate surface area is 223 Å². The highest BCUT2D eigenvalue weighted by Gasteiger charge is 2.37. The maximum atomic E-state index is 13.2. The molecule has 39 heavy (non-hydrogen) atoms. The van der Waals surface area contributed by atoms with Crippen molar-refractivity contribution in [2.45, 2.75) is 43.8 Å². The second-order valence-corrected chi connectivity index (χ2v) is 10.3. The van der Waals surface area contributed by atoms with Crippen molar-refractivity contribution in [3.8, 4) is 11.3 Å². The number of carbonyl (C=O) groups is 1. The van der Waals surface area contributed by atoms with Crippen LogP contribution in [-0.4, -0.2) is 51.0 Å². The number of nitrogen functional groups attached to an aromatic ring is 1. The fourth-order valence-corrected chi connectivity index (χ4v) is 5.76. The summed E-state index contributed by atoms with van der Waals surface area (Å²) >= 11 is 0. The number of anilines is 1. The largest absolute Gasteiger partial charge is 0.416 e. The lowest BCUT2D eigenvalue weighted by Gasteiger charge is -2.41. The first-order valence-electron chi connectivity index (χ1n) is 13.0. The van der Waals surface area contributed by atoms with Gasteiger partial charge in [-0.1, -0.05) is 49.4 Å². The number of ether oxygens (including phenoxy) is 1. The monoisotopic (exact) mass is 535 g/mol. The first-order chi connectivity index (χ1) is 18.7. The Balaban J connectivity index is 1.33. The zero-order valence-electron chi connectivity index (χ0n) is 21.4. The molecule has 4 aromatic rings. The van der Waals surface area contributed by atoms with Crippen LogP contribution in [0.25, 0.3) is 16.8 Å². The minimum Gasteiger partial charge on any atom is -0.382 e. The SMILES string of the molecule is C[C@@H](c1ccc(-c2nc([C@H]3CC[C@@H]4COCC(=O)N4C3)n3ccnc(N)c23)cc1)c1cccc(C(F)(F)F)c1. The summed E-state index contributed by atoms with van der Waals surface area (Å²) in [6.07, 6.45) is 0.800. The summed E-state index contributed by atoms with van der Waals surface area (Å²) in [5.41, 5.74) is 9.35. The lowest BCUT2D eigenvalue weighted by atomic mass is 9.91. The number of piperidine rings is 1. The second kappa shape index (κ2) is 9.68. The molecule has 2 aromatic carbocycles. The third kappa shape index (κ3) is 4.63. The third-order valence-corrected chi connectivity index (χ3v) is 7.94. The third-order valence-electron chi connectivity index (χ3n) is 7.94. The number of benzene rings is 2. The quantitative estimate of drug-likeness (QED) is 0.386. The van der Waals surface area contributed by atoms with E-state index in [0.717, 1.165) is 35.9 Å². The van der Waals surface area contributed by atoms with E-state index in [4.69, 9.17) is 15.5 Å². The molecule has 4 heterocycles. The minimum absolute atomic E-state index is 0.00342. The number of amides is 1. The molecule has 0 radical (unpaired) electrons. The number of nitrogens with zero attached hydrogens (tertiary/aromatic N) is 4. The first kappa shape index (κ1) is 25.4. The van der Waals surface area contributed by atoms with Gasteiger partial charge >= 0.3 is 6.18 Å². The van der Waals surface area contributed by atoms with Crippen molar-refractivity contribution in [1.82, 2.24) is 19.3 Å².